The minimum atomic E-state index is -0.731. The lowest BCUT2D eigenvalue weighted by molar-refractivity contribution is -0.149. The van der Waals surface area contributed by atoms with Gasteiger partial charge in [-0.1, -0.05) is 178 Å². The van der Waals surface area contributed by atoms with Crippen LogP contribution in [0.15, 0.2) is 60.7 Å². The fraction of sp³-hybridized carbons (Fsp3) is 0.755. The van der Waals surface area contributed by atoms with E-state index in [0.717, 1.165) is 36.8 Å². The Bertz CT molecular complexity index is 3400. The number of amides is 6. The van der Waals surface area contributed by atoms with Gasteiger partial charge in [-0.2, -0.15) is 0 Å². The summed E-state index contributed by atoms with van der Waals surface area (Å²) in [6, 6.07) is 16.2. The topological polar surface area (TPSA) is 324 Å². The zero-order valence-electron chi connectivity index (χ0n) is 77.3. The zero-order valence-corrected chi connectivity index (χ0v) is 77.3. The molecule has 26 nitrogen and oxygen atoms in total. The van der Waals surface area contributed by atoms with Gasteiger partial charge in [-0.25, -0.2) is 0 Å². The van der Waals surface area contributed by atoms with Crippen molar-refractivity contribution in [1.82, 2.24) is 40.0 Å². The Morgan fingerprint density at radius 1 is 0.483 bits per heavy atom. The maximum Gasteiger partial charge on any atom is 0.322 e. The summed E-state index contributed by atoms with van der Waals surface area (Å²) < 4.78 is 29.3. The average molecular weight is 1690 g/mol. The minimum absolute atomic E-state index is 0. The van der Waals surface area contributed by atoms with Gasteiger partial charge in [0.05, 0.1) is 80.1 Å². The van der Waals surface area contributed by atoms with E-state index >= 15 is 0 Å². The number of nitrogens with zero attached hydrogens (tertiary/aromatic N) is 6. The molecule has 19 atom stereocenters. The molecular weight excluding hydrogens is 1530 g/mol. The molecular formula is C94H161N9O17. The van der Waals surface area contributed by atoms with E-state index in [0.29, 0.717) is 58.2 Å². The second-order valence-corrected chi connectivity index (χ2v) is 35.6. The highest BCUT2D eigenvalue weighted by Crippen LogP contribution is 2.36. The largest absolute Gasteiger partial charge is 0.464 e. The maximum atomic E-state index is 14.4. The van der Waals surface area contributed by atoms with Gasteiger partial charge in [0.2, 0.25) is 35.4 Å². The van der Waals surface area contributed by atoms with Crippen LogP contribution in [-0.4, -0.2) is 276 Å². The summed E-state index contributed by atoms with van der Waals surface area (Å²) in [7, 11) is 17.4. The fourth-order valence-corrected chi connectivity index (χ4v) is 17.9. The molecule has 4 rings (SSSR count). The number of methoxy groups -OCH3 is 4. The van der Waals surface area contributed by atoms with Crippen LogP contribution in [0.5, 0.6) is 0 Å². The summed E-state index contributed by atoms with van der Waals surface area (Å²) in [6.45, 7) is 31.0. The van der Waals surface area contributed by atoms with Gasteiger partial charge in [0, 0.05) is 137 Å². The predicted octanol–water partition coefficient (Wildman–Crippen LogP) is 10.6. The van der Waals surface area contributed by atoms with Gasteiger partial charge in [0.15, 0.2) is 11.6 Å². The molecule has 2 fully saturated rings. The second-order valence-electron chi connectivity index (χ2n) is 35.6. The highest BCUT2D eigenvalue weighted by Gasteiger charge is 2.47. The number of esters is 1. The molecule has 0 aromatic heterocycles. The molecule has 0 spiro atoms. The van der Waals surface area contributed by atoms with Gasteiger partial charge in [-0.3, -0.25) is 62.5 Å². The number of ketones is 4. The molecule has 2 aromatic carbocycles. The van der Waals surface area contributed by atoms with Crippen molar-refractivity contribution in [3.05, 3.63) is 71.8 Å². The third kappa shape index (κ3) is 33.0. The van der Waals surface area contributed by atoms with Crippen LogP contribution in [0.4, 0.5) is 0 Å². The molecule has 5 N–H and O–H groups in total. The molecule has 2 aliphatic heterocycles. The Labute approximate surface area is 722 Å². The molecule has 684 valence electrons. The molecule has 6 amide bonds. The Morgan fingerprint density at radius 2 is 0.833 bits per heavy atom. The van der Waals surface area contributed by atoms with Crippen LogP contribution in [0.1, 0.15) is 212 Å². The van der Waals surface area contributed by atoms with Crippen molar-refractivity contribution >= 4 is 64.5 Å². The molecule has 2 heterocycles. The predicted molar refractivity (Wildman–Crippen MR) is 473 cm³/mol. The number of rotatable bonds is 54. The van der Waals surface area contributed by atoms with Crippen LogP contribution in [-0.2, 0) is 89.3 Å². The number of ether oxygens (including phenoxy) is 5. The number of hydrogen-bond donors (Lipinski definition) is 4. The molecule has 26 heteroatoms. The van der Waals surface area contributed by atoms with Crippen LogP contribution in [0.2, 0.25) is 0 Å². The highest BCUT2D eigenvalue weighted by molar-refractivity contribution is 5.92. The standard InChI is InChI=1S/C48H81N5O9.C45H76N4O8.CH4/c1-14-32(6)44(52(11)47(58)37(30(2)3)28-40(55)43(31(4)5)51(9)10)41(60-12)29-42(56)53-24-18-22-38(53)45(61-13)33(7)39(54)27-36(26-35-20-16-15-17-21-35)46(57)50-23-19-25-62-48(59)34(8)49;1-13-31(6)42(48(10)45(55)35(29(2)3)27-38(52)41(30(4)5)47(8)9)39(56-11)28-40(53)49-23-17-21-36(49)43(57-12)32(7)37(51)26-34(44(54)46-22-18-24-50)25-33-19-15-14-16-20-33;/h15-17,20-21,30-34,36-38,41,43-45H,14,18-19,22-29,49H2,1-13H3,(H,50,57);14-16,19-20,29-32,34-36,39,41-43,50H,13,17-18,21-28H2,1-12H3,(H,46,54);1H4/t32-,33-,34-,36+,37-,38-,41+,43-,44-,45+;31-,32-,34+,35-,36-,39+,41-,42-,43+;/m00./s1. The Kier molecular flexibility index (Phi) is 50.3. The first-order chi connectivity index (χ1) is 56.2. The van der Waals surface area contributed by atoms with Crippen molar-refractivity contribution in [3.63, 3.8) is 0 Å². The summed E-state index contributed by atoms with van der Waals surface area (Å²) in [4.78, 5) is 162. The number of carbonyl (C=O) groups excluding carboxylic acids is 11. The summed E-state index contributed by atoms with van der Waals surface area (Å²) in [5.41, 5.74) is 7.43. The third-order valence-corrected chi connectivity index (χ3v) is 25.0. The average Bonchev–Trinajstić information content (AvgIpc) is 1.42. The number of aliphatic hydroxyl groups is 1. The Balaban J connectivity index is 0.000000809. The summed E-state index contributed by atoms with van der Waals surface area (Å²) in [5.74, 6) is -5.27. The lowest BCUT2D eigenvalue weighted by atomic mass is 9.83. The third-order valence-electron chi connectivity index (χ3n) is 25.0. The first-order valence-electron chi connectivity index (χ1n) is 44.0. The van der Waals surface area contributed by atoms with Crippen LogP contribution < -0.4 is 16.4 Å². The maximum absolute atomic E-state index is 14.4. The quantitative estimate of drug-likeness (QED) is 0.0353. The smallest absolute Gasteiger partial charge is 0.322 e. The molecule has 0 aliphatic carbocycles. The van der Waals surface area contributed by atoms with Crippen LogP contribution in [0, 0.1) is 71.0 Å². The van der Waals surface area contributed by atoms with Crippen molar-refractivity contribution in [3.8, 4) is 0 Å². The monoisotopic (exact) mass is 1690 g/mol. The number of hydrogen-bond acceptors (Lipinski definition) is 20. The van der Waals surface area contributed by atoms with Crippen LogP contribution >= 0.6 is 0 Å². The molecule has 2 aliphatic rings. The van der Waals surface area contributed by atoms with E-state index in [2.05, 4.69) is 31.4 Å². The number of aliphatic hydroxyl groups excluding tert-OH is 1. The van der Waals surface area contributed by atoms with E-state index in [-0.39, 0.29) is 184 Å². The number of Topliss-reactive ketones (excluding diaryl/α,β-unsaturated/α-hetero) is 4. The van der Waals surface area contributed by atoms with E-state index in [1.165, 1.54) is 0 Å². The molecule has 0 unspecified atom stereocenters. The van der Waals surface area contributed by atoms with Crippen LogP contribution in [0.25, 0.3) is 0 Å². The highest BCUT2D eigenvalue weighted by atomic mass is 16.5. The molecule has 0 bridgehead atoms. The number of carbonyl (C=O) groups is 11. The summed E-state index contributed by atoms with van der Waals surface area (Å²) in [6.07, 6.45) is 3.70. The van der Waals surface area contributed by atoms with E-state index in [9.17, 15) is 57.8 Å². The van der Waals surface area contributed by atoms with E-state index in [1.54, 1.807) is 71.1 Å². The van der Waals surface area contributed by atoms with Crippen molar-refractivity contribution in [1.29, 1.82) is 0 Å². The summed E-state index contributed by atoms with van der Waals surface area (Å²) in [5, 5.41) is 15.0. The van der Waals surface area contributed by atoms with Gasteiger partial charge in [0.1, 0.15) is 17.6 Å². The van der Waals surface area contributed by atoms with E-state index in [1.807, 2.05) is 173 Å². The van der Waals surface area contributed by atoms with E-state index in [4.69, 9.17) is 29.4 Å². The van der Waals surface area contributed by atoms with Crippen molar-refractivity contribution in [2.24, 2.45) is 76.7 Å². The van der Waals surface area contributed by atoms with Gasteiger partial charge in [-0.15, -0.1) is 0 Å². The number of likely N-dealkylation sites (N-methyl/N-ethyl adjacent to an activating group) is 4. The summed E-state index contributed by atoms with van der Waals surface area (Å²) >= 11 is 0. The number of benzene rings is 2. The van der Waals surface area contributed by atoms with Crippen molar-refractivity contribution in [2.45, 2.75) is 281 Å². The van der Waals surface area contributed by atoms with Gasteiger partial charge in [0.25, 0.3) is 0 Å². The van der Waals surface area contributed by atoms with Crippen molar-refractivity contribution in [2.75, 3.05) is 110 Å². The SMILES string of the molecule is C.CC[C@H](C)[C@@H]([C@@H](CC(=O)N1CCC[C@H]1[C@H](OC)[C@@H](C)C(=O)C[C@@H](Cc1ccccc1)C(=O)NCCCO)OC)N(C)C(=O)[C@@H](CC(=O)[C@H](C(C)C)N(C)C)C(C)C.CC[C@H](C)[C@@H]([C@@H](CC(=O)N1CCC[C@H]1[C@H](OC)[C@@H](C)C(=O)C[C@@H](Cc1ccccc1)C(=O)NCCCOC(=O)[C@H](C)N)OC)N(C)C(=O)[C@@H](CC(=O)[C@H](C(C)C)N(C)C)C(C)C. The fourth-order valence-electron chi connectivity index (χ4n) is 17.9. The molecule has 0 radical (unpaired) electrons. The van der Waals surface area contributed by atoms with Gasteiger partial charge < -0.3 is 64.8 Å². The molecule has 2 aromatic rings. The van der Waals surface area contributed by atoms with Crippen LogP contribution in [0.3, 0.4) is 0 Å². The van der Waals surface area contributed by atoms with Gasteiger partial charge >= 0.3 is 5.97 Å². The first kappa shape index (κ1) is 109. The normalized spacial score (nSPS) is 18.6. The molecule has 0 saturated carbocycles. The van der Waals surface area contributed by atoms with Crippen molar-refractivity contribution < 1.29 is 81.5 Å². The number of nitrogens with two attached hydrogens (primary N) is 1. The number of likely N-dealkylation sites (tertiary alicyclic amines) is 2. The number of nitrogens with one attached hydrogen (secondary N) is 2. The second kappa shape index (κ2) is 55.3. The minimum Gasteiger partial charge on any atom is -0.464 e. The molecule has 2 saturated heterocycles. The lowest BCUT2D eigenvalue weighted by Crippen LogP contribution is -2.54. The lowest BCUT2D eigenvalue weighted by Gasteiger charge is -2.41. The molecule has 120 heavy (non-hydrogen) atoms. The zero-order chi connectivity index (χ0) is 89.8. The van der Waals surface area contributed by atoms with E-state index < -0.39 is 84.0 Å². The Hall–Kier alpha value is -6.91. The van der Waals surface area contributed by atoms with Gasteiger partial charge in [-0.05, 0) is 133 Å². The first-order valence-corrected chi connectivity index (χ1v) is 44.0. The Morgan fingerprint density at radius 3 is 1.12 bits per heavy atom.